The van der Waals surface area contributed by atoms with Crippen LogP contribution in [0.5, 0.6) is 0 Å². The van der Waals surface area contributed by atoms with Crippen molar-refractivity contribution in [1.82, 2.24) is 5.32 Å². The number of aryl methyl sites for hydroxylation is 1. The van der Waals surface area contributed by atoms with Crippen LogP contribution in [0.4, 0.5) is 5.00 Å². The third-order valence-corrected chi connectivity index (χ3v) is 5.86. The Hall–Kier alpha value is -1.52. The number of carbonyl (C=O) groups excluding carboxylic acids is 2. The maximum Gasteiger partial charge on any atom is 0.257 e. The molecule has 0 saturated heterocycles. The minimum absolute atomic E-state index is 0.154. The number of thiophene rings is 1. The Labute approximate surface area is 162 Å². The average Bonchev–Trinajstić information content (AvgIpc) is 3.07. The zero-order chi connectivity index (χ0) is 17.3. The molecular formula is C16H14IN3O2S2. The van der Waals surface area contributed by atoms with Crippen molar-refractivity contribution in [2.45, 2.75) is 19.3 Å². The lowest BCUT2D eigenvalue weighted by Gasteiger charge is -2.10. The second-order valence-electron chi connectivity index (χ2n) is 5.34. The normalized spacial score (nSPS) is 12.5. The number of primary amides is 1. The van der Waals surface area contributed by atoms with Gasteiger partial charge in [-0.2, -0.15) is 0 Å². The number of hydrogen-bond donors (Lipinski definition) is 3. The first-order valence-corrected chi connectivity index (χ1v) is 9.58. The summed E-state index contributed by atoms with van der Waals surface area (Å²) in [7, 11) is 0. The van der Waals surface area contributed by atoms with Crippen molar-refractivity contribution in [1.29, 1.82) is 0 Å². The number of carbonyl (C=O) groups is 2. The van der Waals surface area contributed by atoms with E-state index >= 15 is 0 Å². The molecule has 0 spiro atoms. The highest BCUT2D eigenvalue weighted by molar-refractivity contribution is 14.1. The standard InChI is InChI=1S/C16H14IN3O2S2/c17-9-6-4-8(5-7-9)14(22)19-16(23)20-15-12(13(18)21)10-2-1-3-11(10)24-15/h4-7H,1-3H2,(H2,18,21)(H2,19,20,22,23). The Balaban J connectivity index is 1.72. The van der Waals surface area contributed by atoms with Gasteiger partial charge in [-0.05, 0) is 83.9 Å². The van der Waals surface area contributed by atoms with Gasteiger partial charge in [-0.25, -0.2) is 0 Å². The molecule has 0 bridgehead atoms. The van der Waals surface area contributed by atoms with Crippen molar-refractivity contribution in [3.63, 3.8) is 0 Å². The minimum atomic E-state index is -0.469. The number of rotatable bonds is 3. The number of hydrogen-bond acceptors (Lipinski definition) is 4. The molecule has 124 valence electrons. The van der Waals surface area contributed by atoms with E-state index in [1.807, 2.05) is 12.1 Å². The Morgan fingerprint density at radius 3 is 2.58 bits per heavy atom. The van der Waals surface area contributed by atoms with Gasteiger partial charge >= 0.3 is 0 Å². The van der Waals surface area contributed by atoms with Crippen molar-refractivity contribution in [3.8, 4) is 0 Å². The molecule has 2 amide bonds. The monoisotopic (exact) mass is 471 g/mol. The summed E-state index contributed by atoms with van der Waals surface area (Å²) in [6, 6.07) is 7.16. The molecule has 0 saturated carbocycles. The van der Waals surface area contributed by atoms with E-state index in [-0.39, 0.29) is 11.0 Å². The van der Waals surface area contributed by atoms with Crippen LogP contribution in [0.1, 0.15) is 37.6 Å². The summed E-state index contributed by atoms with van der Waals surface area (Å²) < 4.78 is 1.05. The minimum Gasteiger partial charge on any atom is -0.365 e. The van der Waals surface area contributed by atoms with E-state index in [4.69, 9.17) is 18.0 Å². The number of fused-ring (bicyclic) bond motifs is 1. The van der Waals surface area contributed by atoms with Gasteiger partial charge in [-0.15, -0.1) is 11.3 Å². The Bertz CT molecular complexity index is 831. The fourth-order valence-corrected chi connectivity index (χ4v) is 4.58. The molecule has 4 N–H and O–H groups in total. The molecule has 0 fully saturated rings. The van der Waals surface area contributed by atoms with Gasteiger partial charge in [0.05, 0.1) is 5.56 Å². The SMILES string of the molecule is NC(=O)c1c(NC(=S)NC(=O)c2ccc(I)cc2)sc2c1CCC2. The molecule has 0 unspecified atom stereocenters. The second-order valence-corrected chi connectivity index (χ2v) is 8.10. The lowest BCUT2D eigenvalue weighted by atomic mass is 10.1. The van der Waals surface area contributed by atoms with Crippen LogP contribution in [0, 0.1) is 3.57 Å². The van der Waals surface area contributed by atoms with E-state index in [2.05, 4.69) is 33.2 Å². The summed E-state index contributed by atoms with van der Waals surface area (Å²) >= 11 is 8.85. The third kappa shape index (κ3) is 3.60. The van der Waals surface area contributed by atoms with Crippen LogP contribution in [0.2, 0.25) is 0 Å². The van der Waals surface area contributed by atoms with Crippen LogP contribution < -0.4 is 16.4 Å². The van der Waals surface area contributed by atoms with Gasteiger partial charge in [0.25, 0.3) is 11.8 Å². The van der Waals surface area contributed by atoms with Crippen molar-refractivity contribution < 1.29 is 9.59 Å². The van der Waals surface area contributed by atoms with Crippen LogP contribution in [-0.4, -0.2) is 16.9 Å². The summed E-state index contributed by atoms with van der Waals surface area (Å²) in [6.07, 6.45) is 2.84. The van der Waals surface area contributed by atoms with Crippen molar-refractivity contribution in [2.75, 3.05) is 5.32 Å². The molecule has 1 aliphatic rings. The first-order valence-electron chi connectivity index (χ1n) is 7.28. The second kappa shape index (κ2) is 7.16. The average molecular weight is 471 g/mol. The Morgan fingerprint density at radius 1 is 1.21 bits per heavy atom. The molecule has 0 radical (unpaired) electrons. The predicted molar refractivity (Wildman–Crippen MR) is 108 cm³/mol. The lowest BCUT2D eigenvalue weighted by Crippen LogP contribution is -2.34. The molecule has 0 atom stereocenters. The highest BCUT2D eigenvalue weighted by Gasteiger charge is 2.25. The summed E-state index contributed by atoms with van der Waals surface area (Å²) in [5.41, 5.74) is 7.54. The van der Waals surface area contributed by atoms with Crippen LogP contribution in [0.15, 0.2) is 24.3 Å². The molecule has 0 aliphatic heterocycles. The number of nitrogens with one attached hydrogen (secondary N) is 2. The van der Waals surface area contributed by atoms with E-state index in [9.17, 15) is 9.59 Å². The molecule has 2 aromatic rings. The lowest BCUT2D eigenvalue weighted by molar-refractivity contribution is 0.0975. The summed E-state index contributed by atoms with van der Waals surface area (Å²) in [4.78, 5) is 25.1. The van der Waals surface area contributed by atoms with E-state index < -0.39 is 5.91 Å². The van der Waals surface area contributed by atoms with Gasteiger partial charge in [0, 0.05) is 14.0 Å². The van der Waals surface area contributed by atoms with Crippen molar-refractivity contribution in [2.24, 2.45) is 5.73 Å². The Kier molecular flexibility index (Phi) is 5.16. The number of benzene rings is 1. The summed E-state index contributed by atoms with van der Waals surface area (Å²) in [6.45, 7) is 0. The third-order valence-electron chi connectivity index (χ3n) is 3.73. The van der Waals surface area contributed by atoms with Gasteiger partial charge in [-0.3, -0.25) is 14.9 Å². The zero-order valence-corrected chi connectivity index (χ0v) is 16.3. The van der Waals surface area contributed by atoms with Crippen LogP contribution in [0.3, 0.4) is 0 Å². The van der Waals surface area contributed by atoms with Crippen molar-refractivity contribution >= 4 is 68.1 Å². The molecule has 8 heteroatoms. The summed E-state index contributed by atoms with van der Waals surface area (Å²) in [5.74, 6) is -0.766. The largest absolute Gasteiger partial charge is 0.365 e. The predicted octanol–water partition coefficient (Wildman–Crippen LogP) is 3.07. The number of thiocarbonyl (C=S) groups is 1. The zero-order valence-electron chi connectivity index (χ0n) is 12.5. The molecule has 1 heterocycles. The summed E-state index contributed by atoms with van der Waals surface area (Å²) in [5, 5.41) is 6.34. The number of halogens is 1. The van der Waals surface area contributed by atoms with E-state index in [0.29, 0.717) is 16.1 Å². The number of anilines is 1. The molecule has 5 nitrogen and oxygen atoms in total. The molecule has 1 aromatic heterocycles. The fraction of sp³-hybridized carbons (Fsp3) is 0.188. The molecule has 3 rings (SSSR count). The molecule has 24 heavy (non-hydrogen) atoms. The number of nitrogens with two attached hydrogens (primary N) is 1. The van der Waals surface area contributed by atoms with Gasteiger partial charge in [-0.1, -0.05) is 0 Å². The van der Waals surface area contributed by atoms with Crippen molar-refractivity contribution in [3.05, 3.63) is 49.4 Å². The Morgan fingerprint density at radius 2 is 1.92 bits per heavy atom. The maximum atomic E-state index is 12.2. The molecular weight excluding hydrogens is 457 g/mol. The smallest absolute Gasteiger partial charge is 0.257 e. The highest BCUT2D eigenvalue weighted by atomic mass is 127. The first kappa shape index (κ1) is 17.3. The van der Waals surface area contributed by atoms with E-state index in [1.54, 1.807) is 12.1 Å². The van der Waals surface area contributed by atoms with Gasteiger partial charge in [0.1, 0.15) is 5.00 Å². The van der Waals surface area contributed by atoms with Gasteiger partial charge in [0.15, 0.2) is 5.11 Å². The molecule has 1 aliphatic carbocycles. The maximum absolute atomic E-state index is 12.2. The van der Waals surface area contributed by atoms with Gasteiger partial charge in [0.2, 0.25) is 0 Å². The highest BCUT2D eigenvalue weighted by Crippen LogP contribution is 2.38. The van der Waals surface area contributed by atoms with Crippen LogP contribution >= 0.6 is 46.1 Å². The van der Waals surface area contributed by atoms with E-state index in [0.717, 1.165) is 33.3 Å². The van der Waals surface area contributed by atoms with Gasteiger partial charge < -0.3 is 11.1 Å². The molecule has 1 aromatic carbocycles. The first-order chi connectivity index (χ1) is 11.5. The van der Waals surface area contributed by atoms with Crippen LogP contribution in [0.25, 0.3) is 0 Å². The van der Waals surface area contributed by atoms with E-state index in [1.165, 1.54) is 11.3 Å². The topological polar surface area (TPSA) is 84.2 Å². The van der Waals surface area contributed by atoms with Crippen LogP contribution in [-0.2, 0) is 12.8 Å². The fourth-order valence-electron chi connectivity index (χ4n) is 2.66. The number of amides is 2. The quantitative estimate of drug-likeness (QED) is 0.475.